The maximum Gasteiger partial charge on any atom is 0.234 e. The number of fused-ring (bicyclic) bond motifs is 1. The van der Waals surface area contributed by atoms with E-state index in [1.807, 2.05) is 19.1 Å². The van der Waals surface area contributed by atoms with Gasteiger partial charge in [0.2, 0.25) is 11.2 Å². The molecule has 0 aliphatic rings. The number of rotatable bonds is 0. The molecule has 72 valence electrons. The largest absolute Gasteiger partial charge is 0.502 e. The molecule has 1 aromatic heterocycles. The second kappa shape index (κ2) is 2.87. The van der Waals surface area contributed by atoms with Gasteiger partial charge in [-0.1, -0.05) is 12.1 Å². The molecule has 0 amide bonds. The van der Waals surface area contributed by atoms with Gasteiger partial charge in [-0.25, -0.2) is 0 Å². The predicted octanol–water partition coefficient (Wildman–Crippen LogP) is 2.12. The van der Waals surface area contributed by atoms with Crippen molar-refractivity contribution in [1.82, 2.24) is 0 Å². The van der Waals surface area contributed by atoms with Crippen LogP contribution in [0.25, 0.3) is 11.0 Å². The molecule has 2 aromatic rings. The number of aromatic hydroxyl groups is 1. The van der Waals surface area contributed by atoms with Gasteiger partial charge in [0.15, 0.2) is 0 Å². The van der Waals surface area contributed by atoms with Crippen LogP contribution in [-0.2, 0) is 0 Å². The van der Waals surface area contributed by atoms with Crippen molar-refractivity contribution < 1.29 is 9.52 Å². The fourth-order valence-electron chi connectivity index (χ4n) is 1.51. The molecule has 0 fully saturated rings. The minimum absolute atomic E-state index is 0.258. The molecule has 14 heavy (non-hydrogen) atoms. The molecule has 1 heterocycles. The van der Waals surface area contributed by atoms with E-state index in [1.54, 1.807) is 13.0 Å². The number of benzene rings is 1. The lowest BCUT2D eigenvalue weighted by Crippen LogP contribution is -2.03. The summed E-state index contributed by atoms with van der Waals surface area (Å²) in [4.78, 5) is 11.7. The summed E-state index contributed by atoms with van der Waals surface area (Å²) in [5, 5.41) is 9.88. The highest BCUT2D eigenvalue weighted by atomic mass is 16.4. The van der Waals surface area contributed by atoms with Crippen LogP contribution < -0.4 is 5.43 Å². The van der Waals surface area contributed by atoms with Crippen molar-refractivity contribution in [1.29, 1.82) is 0 Å². The monoisotopic (exact) mass is 190 g/mol. The summed E-state index contributed by atoms with van der Waals surface area (Å²) in [6, 6.07) is 5.35. The van der Waals surface area contributed by atoms with Crippen molar-refractivity contribution in [2.45, 2.75) is 13.8 Å². The molecule has 0 saturated heterocycles. The van der Waals surface area contributed by atoms with Crippen LogP contribution in [0.1, 0.15) is 11.3 Å². The van der Waals surface area contributed by atoms with Crippen LogP contribution in [0.2, 0.25) is 0 Å². The first-order valence-electron chi connectivity index (χ1n) is 4.33. The molecule has 0 saturated carbocycles. The van der Waals surface area contributed by atoms with Crippen LogP contribution in [0.3, 0.4) is 0 Å². The van der Waals surface area contributed by atoms with Gasteiger partial charge in [-0.05, 0) is 25.5 Å². The van der Waals surface area contributed by atoms with Gasteiger partial charge >= 0.3 is 0 Å². The van der Waals surface area contributed by atoms with E-state index in [9.17, 15) is 9.90 Å². The zero-order valence-electron chi connectivity index (χ0n) is 8.00. The van der Waals surface area contributed by atoms with E-state index in [2.05, 4.69) is 0 Å². The van der Waals surface area contributed by atoms with E-state index in [1.165, 1.54) is 0 Å². The maximum atomic E-state index is 11.7. The van der Waals surface area contributed by atoms with Crippen molar-refractivity contribution in [3.05, 3.63) is 39.7 Å². The second-order valence-corrected chi connectivity index (χ2v) is 3.28. The van der Waals surface area contributed by atoms with E-state index in [0.717, 1.165) is 5.56 Å². The average molecular weight is 190 g/mol. The Balaban J connectivity index is 3.07. The van der Waals surface area contributed by atoms with Crippen LogP contribution in [0.5, 0.6) is 5.75 Å². The van der Waals surface area contributed by atoms with Crippen molar-refractivity contribution in [2.75, 3.05) is 0 Å². The topological polar surface area (TPSA) is 50.4 Å². The molecular weight excluding hydrogens is 180 g/mol. The van der Waals surface area contributed by atoms with Crippen molar-refractivity contribution in [3.63, 3.8) is 0 Å². The predicted molar refractivity (Wildman–Crippen MR) is 53.6 cm³/mol. The Bertz CT molecular complexity index is 552. The van der Waals surface area contributed by atoms with Gasteiger partial charge in [-0.2, -0.15) is 0 Å². The molecule has 0 radical (unpaired) electrons. The summed E-state index contributed by atoms with van der Waals surface area (Å²) in [5.41, 5.74) is 0.971. The molecule has 0 aliphatic heterocycles. The Hall–Kier alpha value is -1.77. The maximum absolute atomic E-state index is 11.7. The molecule has 0 bridgehead atoms. The first kappa shape index (κ1) is 8.81. The molecule has 0 spiro atoms. The van der Waals surface area contributed by atoms with Gasteiger partial charge in [-0.15, -0.1) is 0 Å². The van der Waals surface area contributed by atoms with E-state index < -0.39 is 0 Å². The molecule has 0 aliphatic carbocycles. The minimum Gasteiger partial charge on any atom is -0.502 e. The lowest BCUT2D eigenvalue weighted by Gasteiger charge is -2.03. The molecule has 3 heteroatoms. The summed E-state index contributed by atoms with van der Waals surface area (Å²) < 4.78 is 5.30. The smallest absolute Gasteiger partial charge is 0.234 e. The average Bonchev–Trinajstić information content (AvgIpc) is 2.14. The molecule has 3 nitrogen and oxygen atoms in total. The Labute approximate surface area is 80.6 Å². The highest BCUT2D eigenvalue weighted by Crippen LogP contribution is 2.20. The summed E-state index contributed by atoms with van der Waals surface area (Å²) in [5.74, 6) is -0.0418. The first-order chi connectivity index (χ1) is 6.61. The molecule has 0 atom stereocenters. The van der Waals surface area contributed by atoms with Crippen molar-refractivity contribution >= 4 is 11.0 Å². The normalized spacial score (nSPS) is 10.7. The fraction of sp³-hybridized carbons (Fsp3) is 0.182. The van der Waals surface area contributed by atoms with E-state index in [4.69, 9.17) is 4.42 Å². The van der Waals surface area contributed by atoms with E-state index in [0.29, 0.717) is 11.0 Å². The van der Waals surface area contributed by atoms with Crippen LogP contribution >= 0.6 is 0 Å². The molecule has 1 aromatic carbocycles. The zero-order valence-corrected chi connectivity index (χ0v) is 8.00. The van der Waals surface area contributed by atoms with Crippen LogP contribution in [-0.4, -0.2) is 5.11 Å². The zero-order chi connectivity index (χ0) is 10.3. The third-order valence-corrected chi connectivity index (χ3v) is 2.27. The summed E-state index contributed by atoms with van der Waals surface area (Å²) in [6.45, 7) is 3.38. The molecular formula is C11H10O3. The third kappa shape index (κ3) is 1.09. The second-order valence-electron chi connectivity index (χ2n) is 3.28. The van der Waals surface area contributed by atoms with E-state index >= 15 is 0 Å². The minimum atomic E-state index is -0.359. The van der Waals surface area contributed by atoms with Gasteiger partial charge in [0.1, 0.15) is 11.3 Å². The molecule has 1 N–H and O–H groups in total. The SMILES string of the molecule is Cc1oc2cccc(C)c2c(=O)c1O. The number of hydrogen-bond donors (Lipinski definition) is 1. The molecule has 0 unspecified atom stereocenters. The highest BCUT2D eigenvalue weighted by Gasteiger charge is 2.10. The summed E-state index contributed by atoms with van der Waals surface area (Å²) in [6.07, 6.45) is 0. The lowest BCUT2D eigenvalue weighted by molar-refractivity contribution is 0.427. The van der Waals surface area contributed by atoms with Gasteiger partial charge in [0.25, 0.3) is 0 Å². The summed E-state index contributed by atoms with van der Waals surface area (Å²) in [7, 11) is 0. The Kier molecular flexibility index (Phi) is 1.81. The number of aryl methyl sites for hydroxylation is 2. The van der Waals surface area contributed by atoms with Crippen LogP contribution in [0.15, 0.2) is 27.4 Å². The van der Waals surface area contributed by atoms with Gasteiger partial charge in [-0.3, -0.25) is 4.79 Å². The number of hydrogen-bond acceptors (Lipinski definition) is 3. The van der Waals surface area contributed by atoms with Gasteiger partial charge in [0.05, 0.1) is 5.39 Å². The Morgan fingerprint density at radius 1 is 1.29 bits per heavy atom. The quantitative estimate of drug-likeness (QED) is 0.692. The third-order valence-electron chi connectivity index (χ3n) is 2.27. The van der Waals surface area contributed by atoms with E-state index in [-0.39, 0.29) is 16.9 Å². The highest BCUT2D eigenvalue weighted by molar-refractivity contribution is 5.81. The van der Waals surface area contributed by atoms with Crippen LogP contribution in [0, 0.1) is 13.8 Å². The lowest BCUT2D eigenvalue weighted by atomic mass is 10.1. The fourth-order valence-corrected chi connectivity index (χ4v) is 1.51. The van der Waals surface area contributed by atoms with Crippen molar-refractivity contribution in [2.24, 2.45) is 0 Å². The van der Waals surface area contributed by atoms with Crippen molar-refractivity contribution in [3.8, 4) is 5.75 Å². The summed E-state index contributed by atoms with van der Waals surface area (Å²) >= 11 is 0. The first-order valence-corrected chi connectivity index (χ1v) is 4.33. The Morgan fingerprint density at radius 2 is 2.00 bits per heavy atom. The van der Waals surface area contributed by atoms with Crippen LogP contribution in [0.4, 0.5) is 0 Å². The van der Waals surface area contributed by atoms with Gasteiger partial charge in [0, 0.05) is 0 Å². The molecule has 2 rings (SSSR count). The standard InChI is InChI=1S/C11H10O3/c1-6-4-3-5-8-9(6)11(13)10(12)7(2)14-8/h3-5,12H,1-2H3. The Morgan fingerprint density at radius 3 is 2.71 bits per heavy atom. The van der Waals surface area contributed by atoms with Gasteiger partial charge < -0.3 is 9.52 Å².